The molecule has 2 atom stereocenters. The van der Waals surface area contributed by atoms with Crippen LogP contribution < -0.4 is 0 Å². The first-order valence-electron chi connectivity index (χ1n) is 6.98. The van der Waals surface area contributed by atoms with E-state index in [1.165, 1.54) is 0 Å². The Morgan fingerprint density at radius 3 is 2.89 bits per heavy atom. The zero-order valence-corrected chi connectivity index (χ0v) is 12.9. The first kappa shape index (κ1) is 14.8. The highest BCUT2D eigenvalue weighted by Gasteiger charge is 2.27. The lowest BCUT2D eigenvalue weighted by atomic mass is 9.88. The molecule has 3 nitrogen and oxygen atoms in total. The average Bonchev–Trinajstić information content (AvgIpc) is 2.38. The summed E-state index contributed by atoms with van der Waals surface area (Å²) >= 11 is 3.34. The van der Waals surface area contributed by atoms with E-state index < -0.39 is 0 Å². The average molecular weight is 328 g/mol. The van der Waals surface area contributed by atoms with Crippen LogP contribution in [0.3, 0.4) is 0 Å². The molecule has 1 aliphatic rings. The summed E-state index contributed by atoms with van der Waals surface area (Å²) in [5.41, 5.74) is 1.16. The molecule has 0 spiro atoms. The smallest absolute Gasteiger partial charge is 0.129 e. The molecule has 1 aliphatic heterocycles. The van der Waals surface area contributed by atoms with E-state index in [-0.39, 0.29) is 17.8 Å². The molecule has 0 saturated carbocycles. The summed E-state index contributed by atoms with van der Waals surface area (Å²) in [4.78, 5) is 2.44. The van der Waals surface area contributed by atoms with Crippen molar-refractivity contribution in [3.63, 3.8) is 0 Å². The van der Waals surface area contributed by atoms with E-state index in [1.54, 1.807) is 6.07 Å². The Hall–Kier alpha value is -0.580. The van der Waals surface area contributed by atoms with Gasteiger partial charge in [-0.3, -0.25) is 0 Å². The number of hydrogen-bond donors (Lipinski definition) is 2. The molecular weight excluding hydrogens is 306 g/mol. The van der Waals surface area contributed by atoms with Gasteiger partial charge in [-0.15, -0.1) is 0 Å². The first-order valence-corrected chi connectivity index (χ1v) is 7.77. The van der Waals surface area contributed by atoms with Crippen molar-refractivity contribution in [2.45, 2.75) is 32.3 Å². The maximum absolute atomic E-state index is 10.2. The fourth-order valence-electron chi connectivity index (χ4n) is 2.80. The fourth-order valence-corrected chi connectivity index (χ4v) is 3.22. The lowest BCUT2D eigenvalue weighted by Gasteiger charge is -2.36. The Bertz CT molecular complexity index is 425. The molecule has 0 bridgehead atoms. The van der Waals surface area contributed by atoms with Gasteiger partial charge >= 0.3 is 0 Å². The number of nitrogens with zero attached hydrogens (tertiary/aromatic N) is 1. The minimum absolute atomic E-state index is 0.208. The molecule has 2 unspecified atom stereocenters. The van der Waals surface area contributed by atoms with Crippen LogP contribution in [0.1, 0.15) is 25.3 Å². The molecule has 4 heteroatoms. The van der Waals surface area contributed by atoms with Crippen LogP contribution in [-0.4, -0.2) is 40.9 Å². The second kappa shape index (κ2) is 6.73. The van der Waals surface area contributed by atoms with Gasteiger partial charge < -0.3 is 15.1 Å². The zero-order valence-electron chi connectivity index (χ0n) is 11.3. The van der Waals surface area contributed by atoms with Gasteiger partial charge in [-0.05, 0) is 59.4 Å². The van der Waals surface area contributed by atoms with Crippen molar-refractivity contribution < 1.29 is 10.2 Å². The Morgan fingerprint density at radius 1 is 1.42 bits per heavy atom. The summed E-state index contributed by atoms with van der Waals surface area (Å²) in [5, 5.41) is 19.7. The molecule has 2 rings (SSSR count). The van der Waals surface area contributed by atoms with Crippen molar-refractivity contribution in [2.24, 2.45) is 5.92 Å². The number of hydrogen-bond acceptors (Lipinski definition) is 3. The Morgan fingerprint density at radius 2 is 2.21 bits per heavy atom. The van der Waals surface area contributed by atoms with Crippen molar-refractivity contribution >= 4 is 15.9 Å². The second-order valence-corrected chi connectivity index (χ2v) is 6.26. The van der Waals surface area contributed by atoms with E-state index in [0.29, 0.717) is 0 Å². The molecule has 0 amide bonds. The minimum atomic E-state index is -0.208. The molecule has 2 N–H and O–H groups in total. The Kier molecular flexibility index (Phi) is 5.25. The third-order valence-electron chi connectivity index (χ3n) is 3.83. The number of benzene rings is 1. The summed E-state index contributed by atoms with van der Waals surface area (Å²) < 4.78 is 0.723. The van der Waals surface area contributed by atoms with Crippen LogP contribution in [0.25, 0.3) is 0 Å². The number of aliphatic hydroxyl groups is 1. The molecule has 1 fully saturated rings. The summed E-state index contributed by atoms with van der Waals surface area (Å²) in [6.07, 6.45) is 2.68. The Balaban J connectivity index is 2.01. The van der Waals surface area contributed by atoms with Crippen LogP contribution >= 0.6 is 15.9 Å². The lowest BCUT2D eigenvalue weighted by molar-refractivity contribution is 0.0270. The van der Waals surface area contributed by atoms with Crippen LogP contribution in [0.15, 0.2) is 22.7 Å². The van der Waals surface area contributed by atoms with Gasteiger partial charge in [-0.1, -0.05) is 13.0 Å². The normalized spacial score (nSPS) is 24.6. The monoisotopic (exact) mass is 327 g/mol. The van der Waals surface area contributed by atoms with Crippen molar-refractivity contribution in [1.82, 2.24) is 4.90 Å². The van der Waals surface area contributed by atoms with E-state index >= 15 is 0 Å². The molecule has 1 saturated heterocycles. The van der Waals surface area contributed by atoms with Crippen molar-refractivity contribution in [3.8, 4) is 5.75 Å². The SMILES string of the molecule is CCCN1CCC(O)C(Cc2ccc(O)c(Br)c2)C1. The highest BCUT2D eigenvalue weighted by molar-refractivity contribution is 9.10. The van der Waals surface area contributed by atoms with E-state index in [1.807, 2.05) is 12.1 Å². The maximum Gasteiger partial charge on any atom is 0.129 e. The number of aromatic hydroxyl groups is 1. The summed E-state index contributed by atoms with van der Waals surface area (Å²) in [6, 6.07) is 5.59. The molecule has 1 heterocycles. The quantitative estimate of drug-likeness (QED) is 0.893. The van der Waals surface area contributed by atoms with Gasteiger partial charge in [0.2, 0.25) is 0 Å². The largest absolute Gasteiger partial charge is 0.507 e. The number of phenolic OH excluding ortho intramolecular Hbond substituents is 1. The number of halogens is 1. The molecule has 1 aromatic carbocycles. The topological polar surface area (TPSA) is 43.7 Å². The summed E-state index contributed by atoms with van der Waals surface area (Å²) in [6.45, 7) is 5.28. The molecule has 0 aromatic heterocycles. The van der Waals surface area contributed by atoms with Crippen LogP contribution in [0.4, 0.5) is 0 Å². The van der Waals surface area contributed by atoms with Crippen molar-refractivity contribution in [3.05, 3.63) is 28.2 Å². The van der Waals surface area contributed by atoms with E-state index in [2.05, 4.69) is 27.8 Å². The number of phenols is 1. The van der Waals surface area contributed by atoms with Crippen LogP contribution in [0, 0.1) is 5.92 Å². The predicted molar refractivity (Wildman–Crippen MR) is 80.4 cm³/mol. The van der Waals surface area contributed by atoms with Gasteiger partial charge in [0.25, 0.3) is 0 Å². The highest BCUT2D eigenvalue weighted by Crippen LogP contribution is 2.27. The van der Waals surface area contributed by atoms with Crippen LogP contribution in [0.2, 0.25) is 0 Å². The van der Waals surface area contributed by atoms with Gasteiger partial charge in [-0.2, -0.15) is 0 Å². The van der Waals surface area contributed by atoms with Gasteiger partial charge in [-0.25, -0.2) is 0 Å². The third kappa shape index (κ3) is 3.94. The van der Waals surface area contributed by atoms with Crippen molar-refractivity contribution in [1.29, 1.82) is 0 Å². The number of rotatable bonds is 4. The Labute approximate surface area is 123 Å². The third-order valence-corrected chi connectivity index (χ3v) is 4.46. The van der Waals surface area contributed by atoms with Gasteiger partial charge in [0.05, 0.1) is 10.6 Å². The van der Waals surface area contributed by atoms with E-state index in [0.717, 1.165) is 48.9 Å². The van der Waals surface area contributed by atoms with E-state index in [9.17, 15) is 10.2 Å². The van der Waals surface area contributed by atoms with E-state index in [4.69, 9.17) is 0 Å². The predicted octanol–water partition coefficient (Wildman–Crippen LogP) is 2.79. The maximum atomic E-state index is 10.2. The van der Waals surface area contributed by atoms with Gasteiger partial charge in [0.1, 0.15) is 5.75 Å². The van der Waals surface area contributed by atoms with Gasteiger partial charge in [0, 0.05) is 19.0 Å². The number of piperidine rings is 1. The van der Waals surface area contributed by atoms with Crippen LogP contribution in [-0.2, 0) is 6.42 Å². The standard InChI is InChI=1S/C15H22BrNO2/c1-2-6-17-7-5-14(18)12(10-17)8-11-3-4-15(19)13(16)9-11/h3-4,9,12,14,18-19H,2,5-8,10H2,1H3. The number of likely N-dealkylation sites (tertiary alicyclic amines) is 1. The molecule has 106 valence electrons. The minimum Gasteiger partial charge on any atom is -0.507 e. The van der Waals surface area contributed by atoms with Crippen molar-refractivity contribution in [2.75, 3.05) is 19.6 Å². The first-order chi connectivity index (χ1) is 9.10. The zero-order chi connectivity index (χ0) is 13.8. The van der Waals surface area contributed by atoms with Crippen LogP contribution in [0.5, 0.6) is 5.75 Å². The summed E-state index contributed by atoms with van der Waals surface area (Å²) in [7, 11) is 0. The number of aliphatic hydroxyl groups excluding tert-OH is 1. The summed E-state index contributed by atoms with van der Waals surface area (Å²) in [5.74, 6) is 0.553. The molecule has 0 radical (unpaired) electrons. The highest BCUT2D eigenvalue weighted by atomic mass is 79.9. The molecule has 0 aliphatic carbocycles. The molecule has 1 aromatic rings. The second-order valence-electron chi connectivity index (χ2n) is 5.41. The fraction of sp³-hybridized carbons (Fsp3) is 0.600. The molecule has 19 heavy (non-hydrogen) atoms. The molecular formula is C15H22BrNO2. The van der Waals surface area contributed by atoms with Gasteiger partial charge in [0.15, 0.2) is 0 Å². The lowest BCUT2D eigenvalue weighted by Crippen LogP contribution is -2.44.